The molecule has 3 aromatic rings. The molecule has 9 heteroatoms. The molecule has 1 fully saturated rings. The number of carbonyl (C=O) groups is 1. The minimum atomic E-state index is -3.73. The lowest BCUT2D eigenvalue weighted by atomic mass is 10.2. The molecule has 0 saturated carbocycles. The molecule has 4 rings (SSSR count). The van der Waals surface area contributed by atoms with E-state index in [0.717, 1.165) is 23.1 Å². The van der Waals surface area contributed by atoms with Crippen LogP contribution >= 0.6 is 0 Å². The second kappa shape index (κ2) is 10.4. The predicted octanol–water partition coefficient (Wildman–Crippen LogP) is 3.24. The molecule has 2 aromatic carbocycles. The Labute approximate surface area is 200 Å². The van der Waals surface area contributed by atoms with Crippen LogP contribution in [0.25, 0.3) is 10.9 Å². The fourth-order valence-electron chi connectivity index (χ4n) is 3.86. The van der Waals surface area contributed by atoms with E-state index in [-0.39, 0.29) is 30.5 Å². The van der Waals surface area contributed by atoms with Crippen molar-refractivity contribution in [3.8, 4) is 11.5 Å². The molecule has 1 amide bonds. The summed E-state index contributed by atoms with van der Waals surface area (Å²) in [7, 11) is -3.73. The number of aryl methyl sites for hydroxylation is 1. The van der Waals surface area contributed by atoms with Gasteiger partial charge < -0.3 is 14.4 Å². The van der Waals surface area contributed by atoms with Crippen molar-refractivity contribution in [3.63, 3.8) is 0 Å². The first-order valence-electron chi connectivity index (χ1n) is 11.4. The van der Waals surface area contributed by atoms with Crippen LogP contribution in [0.5, 0.6) is 11.5 Å². The molecule has 0 aliphatic carbocycles. The average Bonchev–Trinajstić information content (AvgIpc) is 2.86. The minimum Gasteiger partial charge on any atom is -0.494 e. The summed E-state index contributed by atoms with van der Waals surface area (Å²) in [6.45, 7) is 5.57. The summed E-state index contributed by atoms with van der Waals surface area (Å²) in [5, 5.41) is 0.789. The van der Waals surface area contributed by atoms with Crippen molar-refractivity contribution < 1.29 is 22.7 Å². The van der Waals surface area contributed by atoms with E-state index in [4.69, 9.17) is 9.47 Å². The standard InChI is InChI=1S/C25H29N3O5S/c1-3-15-32-21-7-9-22(10-8-21)33-18-24(29)27-11-13-28(14-12-27)34(30,31)23-6-4-5-20-16-19(2)17-26-25(20)23/h4-10,16-17H,3,11-15,18H2,1-2H3. The Hall–Kier alpha value is -3.17. The largest absolute Gasteiger partial charge is 0.494 e. The first kappa shape index (κ1) is 24.0. The highest BCUT2D eigenvalue weighted by Crippen LogP contribution is 2.25. The zero-order valence-electron chi connectivity index (χ0n) is 19.4. The Balaban J connectivity index is 1.34. The molecule has 0 spiro atoms. The Morgan fingerprint density at radius 3 is 2.35 bits per heavy atom. The van der Waals surface area contributed by atoms with E-state index < -0.39 is 10.0 Å². The highest BCUT2D eigenvalue weighted by atomic mass is 32.2. The van der Waals surface area contributed by atoms with Crippen molar-refractivity contribution in [1.29, 1.82) is 0 Å². The number of nitrogens with zero attached hydrogens (tertiary/aromatic N) is 3. The molecule has 0 atom stereocenters. The van der Waals surface area contributed by atoms with Gasteiger partial charge >= 0.3 is 0 Å². The van der Waals surface area contributed by atoms with Crippen LogP contribution in [0.4, 0.5) is 0 Å². The molecule has 0 unspecified atom stereocenters. The number of para-hydroxylation sites is 1. The number of carbonyl (C=O) groups excluding carboxylic acids is 1. The van der Waals surface area contributed by atoms with Crippen LogP contribution in [-0.4, -0.2) is 67.9 Å². The topological polar surface area (TPSA) is 89.0 Å². The first-order valence-corrected chi connectivity index (χ1v) is 12.8. The minimum absolute atomic E-state index is 0.103. The number of aromatic nitrogens is 1. The van der Waals surface area contributed by atoms with Gasteiger partial charge in [0.05, 0.1) is 12.1 Å². The van der Waals surface area contributed by atoms with E-state index in [9.17, 15) is 13.2 Å². The van der Waals surface area contributed by atoms with Gasteiger partial charge in [-0.2, -0.15) is 4.31 Å². The van der Waals surface area contributed by atoms with Crippen LogP contribution in [0.2, 0.25) is 0 Å². The Morgan fingerprint density at radius 2 is 1.68 bits per heavy atom. The molecule has 1 aliphatic heterocycles. The van der Waals surface area contributed by atoms with Gasteiger partial charge in [0.25, 0.3) is 5.91 Å². The van der Waals surface area contributed by atoms with Gasteiger partial charge in [-0.05, 0) is 55.3 Å². The molecule has 0 bridgehead atoms. The summed E-state index contributed by atoms with van der Waals surface area (Å²) in [5.74, 6) is 1.16. The lowest BCUT2D eigenvalue weighted by Gasteiger charge is -2.34. The normalized spacial score (nSPS) is 14.8. The van der Waals surface area contributed by atoms with Crippen molar-refractivity contribution >= 4 is 26.8 Å². The number of hydrogen-bond donors (Lipinski definition) is 0. The van der Waals surface area contributed by atoms with Gasteiger partial charge in [-0.25, -0.2) is 8.42 Å². The van der Waals surface area contributed by atoms with Gasteiger partial charge in [-0.3, -0.25) is 9.78 Å². The van der Waals surface area contributed by atoms with E-state index in [1.54, 1.807) is 35.4 Å². The van der Waals surface area contributed by atoms with Gasteiger partial charge in [0.15, 0.2) is 6.61 Å². The molecular formula is C25H29N3O5S. The number of ether oxygens (including phenoxy) is 2. The number of pyridine rings is 1. The molecule has 180 valence electrons. The molecular weight excluding hydrogens is 454 g/mol. The third kappa shape index (κ3) is 5.31. The van der Waals surface area contributed by atoms with Crippen LogP contribution in [0.1, 0.15) is 18.9 Å². The number of hydrogen-bond acceptors (Lipinski definition) is 6. The molecule has 0 radical (unpaired) electrons. The van der Waals surface area contributed by atoms with Crippen LogP contribution in [0.3, 0.4) is 0 Å². The zero-order valence-corrected chi connectivity index (χ0v) is 20.3. The molecule has 1 saturated heterocycles. The van der Waals surface area contributed by atoms with Gasteiger partial charge in [0, 0.05) is 37.8 Å². The number of sulfonamides is 1. The SMILES string of the molecule is CCCOc1ccc(OCC(=O)N2CCN(S(=O)(=O)c3cccc4cc(C)cnc34)CC2)cc1. The predicted molar refractivity (Wildman–Crippen MR) is 130 cm³/mol. The Bertz CT molecular complexity index is 1250. The van der Waals surface area contributed by atoms with Gasteiger partial charge in [0.1, 0.15) is 16.4 Å². The van der Waals surface area contributed by atoms with E-state index in [1.807, 2.05) is 38.1 Å². The summed E-state index contributed by atoms with van der Waals surface area (Å²) >= 11 is 0. The maximum absolute atomic E-state index is 13.3. The van der Waals surface area contributed by atoms with Crippen molar-refractivity contribution in [2.24, 2.45) is 0 Å². The van der Waals surface area contributed by atoms with Crippen LogP contribution in [-0.2, 0) is 14.8 Å². The van der Waals surface area contributed by atoms with E-state index >= 15 is 0 Å². The lowest BCUT2D eigenvalue weighted by Crippen LogP contribution is -2.51. The van der Waals surface area contributed by atoms with Crippen molar-refractivity contribution in [2.45, 2.75) is 25.2 Å². The van der Waals surface area contributed by atoms with Crippen molar-refractivity contribution in [3.05, 3.63) is 60.3 Å². The molecule has 2 heterocycles. The summed E-state index contributed by atoms with van der Waals surface area (Å²) in [6.07, 6.45) is 2.60. The van der Waals surface area contributed by atoms with E-state index in [2.05, 4.69) is 4.98 Å². The molecule has 34 heavy (non-hydrogen) atoms. The maximum atomic E-state index is 13.3. The number of rotatable bonds is 8. The van der Waals surface area contributed by atoms with Crippen LogP contribution in [0, 0.1) is 6.92 Å². The fourth-order valence-corrected chi connectivity index (χ4v) is 5.44. The maximum Gasteiger partial charge on any atom is 0.260 e. The number of fused-ring (bicyclic) bond motifs is 1. The molecule has 0 N–H and O–H groups in total. The van der Waals surface area contributed by atoms with E-state index in [1.165, 1.54) is 4.31 Å². The molecule has 1 aromatic heterocycles. The zero-order chi connectivity index (χ0) is 24.1. The molecule has 8 nitrogen and oxygen atoms in total. The number of benzene rings is 2. The smallest absolute Gasteiger partial charge is 0.260 e. The summed E-state index contributed by atoms with van der Waals surface area (Å²) in [4.78, 5) is 18.8. The summed E-state index contributed by atoms with van der Waals surface area (Å²) < 4.78 is 39.2. The Kier molecular flexibility index (Phi) is 7.33. The third-order valence-corrected chi connectivity index (χ3v) is 7.61. The van der Waals surface area contributed by atoms with Gasteiger partial charge in [0.2, 0.25) is 10.0 Å². The van der Waals surface area contributed by atoms with Crippen molar-refractivity contribution in [1.82, 2.24) is 14.2 Å². The van der Waals surface area contributed by atoms with Gasteiger partial charge in [-0.15, -0.1) is 0 Å². The highest BCUT2D eigenvalue weighted by molar-refractivity contribution is 7.89. The van der Waals surface area contributed by atoms with Gasteiger partial charge in [-0.1, -0.05) is 19.1 Å². The quantitative estimate of drug-likeness (QED) is 0.489. The Morgan fingerprint density at radius 1 is 1.00 bits per heavy atom. The van der Waals surface area contributed by atoms with Crippen LogP contribution in [0.15, 0.2) is 59.6 Å². The second-order valence-corrected chi connectivity index (χ2v) is 10.1. The number of amides is 1. The number of piperazine rings is 1. The molecule has 1 aliphatic rings. The average molecular weight is 484 g/mol. The summed E-state index contributed by atoms with van der Waals surface area (Å²) in [5.41, 5.74) is 1.43. The summed E-state index contributed by atoms with van der Waals surface area (Å²) in [6, 6.07) is 14.2. The highest BCUT2D eigenvalue weighted by Gasteiger charge is 2.31. The second-order valence-electron chi connectivity index (χ2n) is 8.23. The fraction of sp³-hybridized carbons (Fsp3) is 0.360. The van der Waals surface area contributed by atoms with E-state index in [0.29, 0.717) is 31.0 Å². The monoisotopic (exact) mass is 483 g/mol. The first-order chi connectivity index (χ1) is 16.4. The van der Waals surface area contributed by atoms with Crippen LogP contribution < -0.4 is 9.47 Å². The van der Waals surface area contributed by atoms with Crippen molar-refractivity contribution in [2.75, 3.05) is 39.4 Å². The third-order valence-electron chi connectivity index (χ3n) is 5.68. The lowest BCUT2D eigenvalue weighted by molar-refractivity contribution is -0.134.